The lowest BCUT2D eigenvalue weighted by Gasteiger charge is -2.25. The molecular formula is C35H44N4O2S. The van der Waals surface area contributed by atoms with Gasteiger partial charge < -0.3 is 15.5 Å². The van der Waals surface area contributed by atoms with Crippen LogP contribution >= 0.6 is 11.3 Å². The number of nitrogens with two attached hydrogens (primary N) is 1. The highest BCUT2D eigenvalue weighted by molar-refractivity contribution is 7.12. The van der Waals surface area contributed by atoms with E-state index in [1.54, 1.807) is 6.33 Å². The molecule has 0 unspecified atom stereocenters. The van der Waals surface area contributed by atoms with Crippen LogP contribution in [0, 0.1) is 5.92 Å². The van der Waals surface area contributed by atoms with E-state index in [-0.39, 0.29) is 12.1 Å². The number of carbonyl (C=O) groups excluding carboxylic acids is 1. The number of imidazole rings is 1. The van der Waals surface area contributed by atoms with Crippen molar-refractivity contribution < 1.29 is 9.53 Å². The van der Waals surface area contributed by atoms with E-state index in [1.165, 1.54) is 18.4 Å². The van der Waals surface area contributed by atoms with E-state index < -0.39 is 0 Å². The molecule has 0 atom stereocenters. The summed E-state index contributed by atoms with van der Waals surface area (Å²) < 4.78 is 5.80. The molecule has 0 radical (unpaired) electrons. The SMILES string of the molecule is C=C(C)/C=C\C=C(/C)c1nc[nH]c1-c1ccc2ncc(-c3csc(C(=O)OC4CCC(C)CC4)c3)cc2c1.CC.CN. The number of pyridine rings is 1. The molecule has 6 nitrogen and oxygen atoms in total. The molecule has 0 spiro atoms. The summed E-state index contributed by atoms with van der Waals surface area (Å²) in [6, 6.07) is 10.3. The second-order valence-corrected chi connectivity index (χ2v) is 11.2. The van der Waals surface area contributed by atoms with Gasteiger partial charge in [-0.1, -0.05) is 57.2 Å². The largest absolute Gasteiger partial charge is 0.458 e. The fraction of sp³-hybridized carbons (Fsp3) is 0.343. The minimum Gasteiger partial charge on any atom is -0.458 e. The average molecular weight is 585 g/mol. The van der Waals surface area contributed by atoms with Crippen molar-refractivity contribution in [3.05, 3.63) is 89.2 Å². The Morgan fingerprint density at radius 3 is 2.48 bits per heavy atom. The highest BCUT2D eigenvalue weighted by atomic mass is 32.1. The van der Waals surface area contributed by atoms with E-state index in [2.05, 4.69) is 59.3 Å². The number of allylic oxidation sites excluding steroid dienone is 5. The molecule has 1 fully saturated rings. The topological polar surface area (TPSA) is 93.9 Å². The van der Waals surface area contributed by atoms with Gasteiger partial charge in [-0.3, -0.25) is 4.98 Å². The summed E-state index contributed by atoms with van der Waals surface area (Å²) in [6.45, 7) is 14.2. The van der Waals surface area contributed by atoms with Crippen LogP contribution in [0.1, 0.15) is 75.7 Å². The molecule has 3 aromatic heterocycles. The number of nitrogens with zero attached hydrogens (tertiary/aromatic N) is 2. The summed E-state index contributed by atoms with van der Waals surface area (Å²) in [7, 11) is 1.50. The van der Waals surface area contributed by atoms with Crippen molar-refractivity contribution in [1.82, 2.24) is 15.0 Å². The molecule has 3 heterocycles. The summed E-state index contributed by atoms with van der Waals surface area (Å²) in [5.74, 6) is 0.508. The first-order chi connectivity index (χ1) is 20.4. The van der Waals surface area contributed by atoms with Crippen LogP contribution in [0.15, 0.2) is 78.6 Å². The molecule has 4 aromatic rings. The lowest BCUT2D eigenvalue weighted by atomic mass is 9.89. The van der Waals surface area contributed by atoms with Crippen molar-refractivity contribution in [2.24, 2.45) is 11.7 Å². The first-order valence-electron chi connectivity index (χ1n) is 14.7. The van der Waals surface area contributed by atoms with Gasteiger partial charge in [0.1, 0.15) is 11.0 Å². The normalized spacial score (nSPS) is 16.8. The van der Waals surface area contributed by atoms with Gasteiger partial charge in [0.15, 0.2) is 0 Å². The van der Waals surface area contributed by atoms with Crippen LogP contribution in [0.5, 0.6) is 0 Å². The molecule has 0 saturated heterocycles. The Hall–Kier alpha value is -3.81. The number of carbonyl (C=O) groups is 1. The highest BCUT2D eigenvalue weighted by Gasteiger charge is 2.23. The van der Waals surface area contributed by atoms with Gasteiger partial charge in [-0.2, -0.15) is 0 Å². The molecule has 1 aliphatic rings. The van der Waals surface area contributed by atoms with Gasteiger partial charge in [0.05, 0.1) is 23.2 Å². The van der Waals surface area contributed by atoms with Crippen LogP contribution in [0.3, 0.4) is 0 Å². The van der Waals surface area contributed by atoms with Gasteiger partial charge in [0.25, 0.3) is 0 Å². The van der Waals surface area contributed by atoms with Crippen LogP contribution in [-0.2, 0) is 4.74 Å². The number of benzene rings is 1. The molecule has 1 saturated carbocycles. The summed E-state index contributed by atoms with van der Waals surface area (Å²) in [5.41, 5.74) is 12.3. The summed E-state index contributed by atoms with van der Waals surface area (Å²) >= 11 is 1.43. The molecule has 222 valence electrons. The molecule has 42 heavy (non-hydrogen) atoms. The summed E-state index contributed by atoms with van der Waals surface area (Å²) in [4.78, 5) is 25.9. The monoisotopic (exact) mass is 584 g/mol. The zero-order valence-corrected chi connectivity index (χ0v) is 26.6. The zero-order valence-electron chi connectivity index (χ0n) is 25.7. The number of fused-ring (bicyclic) bond motifs is 1. The van der Waals surface area contributed by atoms with Gasteiger partial charge in [0.2, 0.25) is 0 Å². The lowest BCUT2D eigenvalue weighted by Crippen LogP contribution is -2.23. The maximum absolute atomic E-state index is 12.8. The minimum absolute atomic E-state index is 0.0398. The molecule has 5 rings (SSSR count). The van der Waals surface area contributed by atoms with E-state index in [0.29, 0.717) is 4.88 Å². The Morgan fingerprint density at radius 2 is 1.76 bits per heavy atom. The van der Waals surface area contributed by atoms with E-state index >= 15 is 0 Å². The molecule has 3 N–H and O–H groups in total. The number of thiophene rings is 1. The number of esters is 1. The number of ether oxygens (including phenoxy) is 1. The van der Waals surface area contributed by atoms with Gasteiger partial charge in [-0.05, 0) is 93.3 Å². The molecule has 0 aliphatic heterocycles. The quantitative estimate of drug-likeness (QED) is 0.167. The van der Waals surface area contributed by atoms with Crippen molar-refractivity contribution in [3.63, 3.8) is 0 Å². The van der Waals surface area contributed by atoms with Gasteiger partial charge >= 0.3 is 5.97 Å². The van der Waals surface area contributed by atoms with Crippen LogP contribution in [0.25, 0.3) is 38.9 Å². The highest BCUT2D eigenvalue weighted by Crippen LogP contribution is 2.32. The van der Waals surface area contributed by atoms with Crippen LogP contribution in [0.2, 0.25) is 0 Å². The van der Waals surface area contributed by atoms with Crippen LogP contribution in [0.4, 0.5) is 0 Å². The molecule has 0 amide bonds. The molecule has 7 heteroatoms. The number of rotatable bonds is 7. The lowest BCUT2D eigenvalue weighted by molar-refractivity contribution is 0.0179. The molecule has 0 bridgehead atoms. The third-order valence-electron chi connectivity index (χ3n) is 7.08. The van der Waals surface area contributed by atoms with E-state index in [9.17, 15) is 4.79 Å². The maximum Gasteiger partial charge on any atom is 0.348 e. The number of aromatic amines is 1. The third kappa shape index (κ3) is 8.37. The zero-order chi connectivity index (χ0) is 30.6. The Balaban J connectivity index is 0.00000116. The average Bonchev–Trinajstić information content (AvgIpc) is 3.71. The second-order valence-electron chi connectivity index (χ2n) is 10.3. The fourth-order valence-corrected chi connectivity index (χ4v) is 5.64. The minimum atomic E-state index is -0.217. The summed E-state index contributed by atoms with van der Waals surface area (Å²) in [6.07, 6.45) is 13.8. The molecule has 1 aromatic carbocycles. The number of nitrogens with one attached hydrogen (secondary N) is 1. The molecular weight excluding hydrogens is 540 g/mol. The van der Waals surface area contributed by atoms with Crippen molar-refractivity contribution in [3.8, 4) is 22.4 Å². The Bertz CT molecular complexity index is 1540. The Labute approximate surface area is 254 Å². The molecule has 1 aliphatic carbocycles. The Kier molecular flexibility index (Phi) is 12.5. The predicted octanol–water partition coefficient (Wildman–Crippen LogP) is 9.23. The number of aromatic nitrogens is 3. The van der Waals surface area contributed by atoms with Crippen LogP contribution < -0.4 is 5.73 Å². The first-order valence-corrected chi connectivity index (χ1v) is 15.6. The summed E-state index contributed by atoms with van der Waals surface area (Å²) in [5, 5.41) is 3.03. The van der Waals surface area contributed by atoms with E-state index in [1.807, 2.05) is 62.7 Å². The van der Waals surface area contributed by atoms with E-state index in [0.717, 1.165) is 81.7 Å². The van der Waals surface area contributed by atoms with Gasteiger partial charge in [-0.15, -0.1) is 11.3 Å². The smallest absolute Gasteiger partial charge is 0.348 e. The van der Waals surface area contributed by atoms with Crippen molar-refractivity contribution >= 4 is 33.8 Å². The number of H-pyrrole nitrogens is 1. The standard InChI is InChI=1S/C32H33N3O2S.C2H6.CH5N/c1-20(2)6-5-7-22(4)30-31(35-19-34-30)23-10-13-28-24(14-23)15-25(17-33-28)26-16-29(38-18-26)32(36)37-27-11-8-21(3)9-12-27;2*1-2/h5-7,10,13-19,21,27H,1,8-9,11-12H2,2-4H3,(H,34,35);1-2H3;2H2,1H3/b6-5-,22-7+;;. The number of hydrogen-bond donors (Lipinski definition) is 2. The van der Waals surface area contributed by atoms with Crippen molar-refractivity contribution in [1.29, 1.82) is 0 Å². The van der Waals surface area contributed by atoms with Crippen LogP contribution in [-0.4, -0.2) is 34.1 Å². The van der Waals surface area contributed by atoms with Crippen molar-refractivity contribution in [2.45, 2.75) is 66.4 Å². The van der Waals surface area contributed by atoms with Gasteiger partial charge in [0, 0.05) is 22.7 Å². The first kappa shape index (κ1) is 32.7. The number of hydrogen-bond acceptors (Lipinski definition) is 6. The van der Waals surface area contributed by atoms with E-state index in [4.69, 9.17) is 4.74 Å². The van der Waals surface area contributed by atoms with Crippen molar-refractivity contribution in [2.75, 3.05) is 7.05 Å². The Morgan fingerprint density at radius 1 is 1.05 bits per heavy atom. The fourth-order valence-electron chi connectivity index (χ4n) is 4.85. The third-order valence-corrected chi connectivity index (χ3v) is 7.99. The van der Waals surface area contributed by atoms with Gasteiger partial charge in [-0.25, -0.2) is 9.78 Å². The maximum atomic E-state index is 12.8. The predicted molar refractivity (Wildman–Crippen MR) is 179 cm³/mol. The second kappa shape index (κ2) is 16.0.